The Kier molecular flexibility index (Phi) is 6.55. The lowest BCUT2D eigenvalue weighted by atomic mass is 10.1. The van der Waals surface area contributed by atoms with Crippen LogP contribution in [0.2, 0.25) is 0 Å². The van der Waals surface area contributed by atoms with Gasteiger partial charge < -0.3 is 10.1 Å². The first-order valence-electron chi connectivity index (χ1n) is 10.3. The normalized spacial score (nSPS) is 12.7. The van der Waals surface area contributed by atoms with Crippen LogP contribution in [0.25, 0.3) is 0 Å². The molecule has 9 heteroatoms. The Morgan fingerprint density at radius 2 is 1.72 bits per heavy atom. The van der Waals surface area contributed by atoms with Gasteiger partial charge in [-0.3, -0.25) is 19.3 Å². The SMILES string of the molecule is CCc1ccc(OCCc2nnc(NC(=O)CCN3C(=O)c4ccccc4C3=O)s2)cc1. The number of hydrogen-bond acceptors (Lipinski definition) is 7. The molecule has 164 valence electrons. The maximum Gasteiger partial charge on any atom is 0.261 e. The molecule has 0 saturated carbocycles. The van der Waals surface area contributed by atoms with Gasteiger partial charge in [-0.05, 0) is 36.2 Å². The molecule has 0 fully saturated rings. The second kappa shape index (κ2) is 9.69. The van der Waals surface area contributed by atoms with E-state index in [0.717, 1.165) is 22.1 Å². The summed E-state index contributed by atoms with van der Waals surface area (Å²) < 4.78 is 5.72. The second-order valence-electron chi connectivity index (χ2n) is 7.20. The van der Waals surface area contributed by atoms with Crippen molar-refractivity contribution < 1.29 is 19.1 Å². The van der Waals surface area contributed by atoms with Gasteiger partial charge in [-0.25, -0.2) is 0 Å². The van der Waals surface area contributed by atoms with Crippen molar-refractivity contribution in [2.24, 2.45) is 0 Å². The Bertz CT molecular complexity index is 1110. The number of hydrogen-bond donors (Lipinski definition) is 1. The van der Waals surface area contributed by atoms with Gasteiger partial charge in [0.15, 0.2) is 0 Å². The van der Waals surface area contributed by atoms with Crippen LogP contribution in [-0.2, 0) is 17.6 Å². The van der Waals surface area contributed by atoms with Crippen LogP contribution < -0.4 is 10.1 Å². The maximum atomic E-state index is 12.4. The molecule has 0 atom stereocenters. The van der Waals surface area contributed by atoms with Gasteiger partial charge in [0, 0.05) is 19.4 Å². The van der Waals surface area contributed by atoms with Gasteiger partial charge >= 0.3 is 0 Å². The third-order valence-electron chi connectivity index (χ3n) is 5.07. The van der Waals surface area contributed by atoms with E-state index in [1.54, 1.807) is 24.3 Å². The third kappa shape index (κ3) is 4.83. The van der Waals surface area contributed by atoms with E-state index >= 15 is 0 Å². The molecule has 1 aromatic heterocycles. The monoisotopic (exact) mass is 450 g/mol. The average Bonchev–Trinajstić information content (AvgIpc) is 3.35. The van der Waals surface area contributed by atoms with Crippen LogP contribution in [0.5, 0.6) is 5.75 Å². The van der Waals surface area contributed by atoms with Crippen LogP contribution >= 0.6 is 11.3 Å². The molecule has 2 aromatic carbocycles. The minimum absolute atomic E-state index is 0.00843. The number of nitrogens with one attached hydrogen (secondary N) is 1. The molecule has 0 aliphatic carbocycles. The molecule has 3 aromatic rings. The predicted molar refractivity (Wildman–Crippen MR) is 120 cm³/mol. The molecule has 1 aliphatic rings. The number of fused-ring (bicyclic) bond motifs is 1. The summed E-state index contributed by atoms with van der Waals surface area (Å²) in [6, 6.07) is 14.6. The highest BCUT2D eigenvalue weighted by molar-refractivity contribution is 7.15. The molecule has 1 aliphatic heterocycles. The highest BCUT2D eigenvalue weighted by Gasteiger charge is 2.34. The fourth-order valence-electron chi connectivity index (χ4n) is 3.32. The fourth-order valence-corrected chi connectivity index (χ4v) is 4.06. The van der Waals surface area contributed by atoms with Crippen LogP contribution in [-0.4, -0.2) is 46.0 Å². The van der Waals surface area contributed by atoms with E-state index in [2.05, 4.69) is 22.4 Å². The van der Waals surface area contributed by atoms with E-state index in [9.17, 15) is 14.4 Å². The molecule has 8 nitrogen and oxygen atoms in total. The number of anilines is 1. The van der Waals surface area contributed by atoms with Gasteiger partial charge in [0.1, 0.15) is 10.8 Å². The van der Waals surface area contributed by atoms with Crippen molar-refractivity contribution in [3.8, 4) is 5.75 Å². The molecule has 2 heterocycles. The summed E-state index contributed by atoms with van der Waals surface area (Å²) in [5.41, 5.74) is 2.00. The Morgan fingerprint density at radius 3 is 2.38 bits per heavy atom. The number of nitrogens with zero attached hydrogens (tertiary/aromatic N) is 3. The number of rotatable bonds is 9. The summed E-state index contributed by atoms with van der Waals surface area (Å²) in [4.78, 5) is 38.1. The number of aryl methyl sites for hydroxylation is 1. The van der Waals surface area contributed by atoms with Crippen molar-refractivity contribution in [3.05, 3.63) is 70.2 Å². The van der Waals surface area contributed by atoms with Gasteiger partial charge in [0.2, 0.25) is 11.0 Å². The lowest BCUT2D eigenvalue weighted by Gasteiger charge is -2.12. The molecule has 0 radical (unpaired) electrons. The van der Waals surface area contributed by atoms with Crippen molar-refractivity contribution in [1.82, 2.24) is 15.1 Å². The van der Waals surface area contributed by atoms with Gasteiger partial charge in [0.05, 0.1) is 17.7 Å². The fraction of sp³-hybridized carbons (Fsp3) is 0.261. The standard InChI is InChI=1S/C23H22N4O4S/c1-2-15-7-9-16(10-8-15)31-14-12-20-25-26-23(32-20)24-19(28)11-13-27-21(29)17-5-3-4-6-18(17)22(27)30/h3-10H,2,11-14H2,1H3,(H,24,26,28). The number of carbonyl (C=O) groups is 3. The molecule has 0 unspecified atom stereocenters. The van der Waals surface area contributed by atoms with Crippen molar-refractivity contribution in [3.63, 3.8) is 0 Å². The molecule has 0 spiro atoms. The summed E-state index contributed by atoms with van der Waals surface area (Å²) in [7, 11) is 0. The Hall–Kier alpha value is -3.59. The quantitative estimate of drug-likeness (QED) is 0.502. The van der Waals surface area contributed by atoms with Gasteiger partial charge in [-0.15, -0.1) is 10.2 Å². The lowest BCUT2D eigenvalue weighted by molar-refractivity contribution is -0.116. The second-order valence-corrected chi connectivity index (χ2v) is 8.26. The molecule has 0 bridgehead atoms. The molecule has 3 amide bonds. The van der Waals surface area contributed by atoms with E-state index in [1.807, 2.05) is 24.3 Å². The van der Waals surface area contributed by atoms with Crippen molar-refractivity contribution in [2.45, 2.75) is 26.2 Å². The Morgan fingerprint density at radius 1 is 1.03 bits per heavy atom. The third-order valence-corrected chi connectivity index (χ3v) is 5.97. The summed E-state index contributed by atoms with van der Waals surface area (Å²) in [6.45, 7) is 2.56. The Labute approximate surface area is 189 Å². The molecule has 0 saturated heterocycles. The zero-order valence-corrected chi connectivity index (χ0v) is 18.4. The van der Waals surface area contributed by atoms with E-state index < -0.39 is 0 Å². The lowest BCUT2D eigenvalue weighted by Crippen LogP contribution is -2.32. The maximum absolute atomic E-state index is 12.4. The van der Waals surface area contributed by atoms with Crippen molar-refractivity contribution in [1.29, 1.82) is 0 Å². The minimum Gasteiger partial charge on any atom is -0.493 e. The highest BCUT2D eigenvalue weighted by atomic mass is 32.1. The first kappa shape index (κ1) is 21.6. The van der Waals surface area contributed by atoms with Gasteiger partial charge in [-0.2, -0.15) is 0 Å². The summed E-state index contributed by atoms with van der Waals surface area (Å²) in [5.74, 6) is -0.285. The van der Waals surface area contributed by atoms with E-state index in [-0.39, 0.29) is 30.7 Å². The smallest absolute Gasteiger partial charge is 0.261 e. The molecule has 1 N–H and O–H groups in total. The molecular weight excluding hydrogens is 428 g/mol. The van der Waals surface area contributed by atoms with E-state index in [0.29, 0.717) is 29.3 Å². The first-order chi connectivity index (χ1) is 15.5. The van der Waals surface area contributed by atoms with Crippen LogP contribution in [0.1, 0.15) is 44.6 Å². The summed E-state index contributed by atoms with van der Waals surface area (Å²) in [6.07, 6.45) is 1.53. The number of ether oxygens (including phenoxy) is 1. The van der Waals surface area contributed by atoms with Crippen LogP contribution in [0, 0.1) is 0 Å². The highest BCUT2D eigenvalue weighted by Crippen LogP contribution is 2.23. The summed E-state index contributed by atoms with van der Waals surface area (Å²) in [5, 5.41) is 11.8. The predicted octanol–water partition coefficient (Wildman–Crippen LogP) is 3.35. The Balaban J connectivity index is 1.22. The minimum atomic E-state index is -0.374. The van der Waals surface area contributed by atoms with Crippen molar-refractivity contribution in [2.75, 3.05) is 18.5 Å². The average molecular weight is 451 g/mol. The number of aromatic nitrogens is 2. The van der Waals surface area contributed by atoms with Crippen molar-refractivity contribution >= 4 is 34.2 Å². The number of carbonyl (C=O) groups excluding carboxylic acids is 3. The number of benzene rings is 2. The zero-order valence-electron chi connectivity index (χ0n) is 17.5. The topological polar surface area (TPSA) is 101 Å². The van der Waals surface area contributed by atoms with Crippen LogP contribution in [0.4, 0.5) is 5.13 Å². The summed E-state index contributed by atoms with van der Waals surface area (Å²) >= 11 is 1.27. The van der Waals surface area contributed by atoms with E-state index in [1.165, 1.54) is 16.9 Å². The zero-order chi connectivity index (χ0) is 22.5. The molecule has 32 heavy (non-hydrogen) atoms. The van der Waals surface area contributed by atoms with Crippen LogP contribution in [0.15, 0.2) is 48.5 Å². The van der Waals surface area contributed by atoms with Gasteiger partial charge in [-0.1, -0.05) is 42.5 Å². The number of imide groups is 1. The van der Waals surface area contributed by atoms with E-state index in [4.69, 9.17) is 4.74 Å². The first-order valence-corrected chi connectivity index (χ1v) is 11.2. The van der Waals surface area contributed by atoms with Crippen LogP contribution in [0.3, 0.4) is 0 Å². The van der Waals surface area contributed by atoms with Gasteiger partial charge in [0.25, 0.3) is 11.8 Å². The largest absolute Gasteiger partial charge is 0.493 e. The molecule has 4 rings (SSSR count). The number of amides is 3. The molecular formula is C23H22N4O4S.